The molecule has 4 nitrogen and oxygen atoms in total. The fourth-order valence-corrected chi connectivity index (χ4v) is 5.37. The van der Waals surface area contributed by atoms with Gasteiger partial charge in [0.2, 0.25) is 0 Å². The van der Waals surface area contributed by atoms with E-state index in [9.17, 15) is 9.90 Å². The van der Waals surface area contributed by atoms with Gasteiger partial charge in [-0.1, -0.05) is 12.1 Å². The Morgan fingerprint density at radius 2 is 2.24 bits per heavy atom. The van der Waals surface area contributed by atoms with E-state index in [2.05, 4.69) is 17.4 Å². The van der Waals surface area contributed by atoms with E-state index >= 15 is 0 Å². The maximum atomic E-state index is 12.5. The van der Waals surface area contributed by atoms with Gasteiger partial charge in [-0.25, -0.2) is 0 Å². The lowest BCUT2D eigenvalue weighted by atomic mass is 9.49. The molecule has 1 aromatic rings. The molecule has 4 aliphatic rings. The molecule has 4 unspecified atom stereocenters. The SMILES string of the molecule is Cc1ccc2c3c1OC1C(=O)CCC4(O)C(C2)NCCC314. The first-order chi connectivity index (χ1) is 10.1. The summed E-state index contributed by atoms with van der Waals surface area (Å²) in [6.07, 6.45) is 2.08. The number of carbonyl (C=O) groups is 1. The first-order valence-electron chi connectivity index (χ1n) is 7.86. The number of aliphatic hydroxyl groups is 1. The fraction of sp³-hybridized carbons (Fsp3) is 0.588. The van der Waals surface area contributed by atoms with Crippen molar-refractivity contribution in [2.45, 2.75) is 55.8 Å². The Hall–Kier alpha value is -1.39. The average Bonchev–Trinajstić information content (AvgIpc) is 2.80. The largest absolute Gasteiger partial charge is 0.481 e. The highest BCUT2D eigenvalue weighted by Gasteiger charge is 2.71. The van der Waals surface area contributed by atoms with Gasteiger partial charge in [-0.3, -0.25) is 4.79 Å². The summed E-state index contributed by atoms with van der Waals surface area (Å²) in [5, 5.41) is 15.0. The van der Waals surface area contributed by atoms with Crippen molar-refractivity contribution in [2.75, 3.05) is 6.54 Å². The number of Topliss-reactive ketones (excluding diaryl/α,β-unsaturated/α-hetero) is 1. The van der Waals surface area contributed by atoms with Crippen LogP contribution in [0.2, 0.25) is 0 Å². The molecule has 4 heteroatoms. The summed E-state index contributed by atoms with van der Waals surface area (Å²) >= 11 is 0. The summed E-state index contributed by atoms with van der Waals surface area (Å²) in [5.41, 5.74) is 2.09. The number of aryl methyl sites for hydroxylation is 1. The molecule has 0 aromatic heterocycles. The van der Waals surface area contributed by atoms with E-state index in [-0.39, 0.29) is 11.8 Å². The van der Waals surface area contributed by atoms with E-state index in [1.807, 2.05) is 6.92 Å². The molecule has 21 heavy (non-hydrogen) atoms. The van der Waals surface area contributed by atoms with Crippen LogP contribution in [0.5, 0.6) is 5.75 Å². The Morgan fingerprint density at radius 1 is 1.38 bits per heavy atom. The summed E-state index contributed by atoms with van der Waals surface area (Å²) in [4.78, 5) is 12.5. The molecule has 2 bridgehead atoms. The molecule has 2 fully saturated rings. The molecule has 1 saturated heterocycles. The second-order valence-corrected chi connectivity index (χ2v) is 7.07. The second kappa shape index (κ2) is 3.50. The number of rotatable bonds is 0. The molecule has 1 saturated carbocycles. The molecule has 1 aromatic carbocycles. The first-order valence-corrected chi connectivity index (χ1v) is 7.86. The predicted octanol–water partition coefficient (Wildman–Crippen LogP) is 1.01. The molecule has 4 atom stereocenters. The minimum absolute atomic E-state index is 0.0339. The quantitative estimate of drug-likeness (QED) is 0.747. The zero-order valence-electron chi connectivity index (χ0n) is 12.1. The van der Waals surface area contributed by atoms with Crippen LogP contribution in [0.3, 0.4) is 0 Å². The fourth-order valence-electron chi connectivity index (χ4n) is 5.37. The van der Waals surface area contributed by atoms with Crippen molar-refractivity contribution in [1.29, 1.82) is 0 Å². The Balaban J connectivity index is 1.89. The van der Waals surface area contributed by atoms with Crippen LogP contribution < -0.4 is 10.1 Å². The molecule has 110 valence electrons. The summed E-state index contributed by atoms with van der Waals surface area (Å²) in [6, 6.07) is 4.26. The number of nitrogens with one attached hydrogen (secondary N) is 1. The highest BCUT2D eigenvalue weighted by Crippen LogP contribution is 2.62. The van der Waals surface area contributed by atoms with Gasteiger partial charge in [-0.05, 0) is 43.9 Å². The zero-order valence-corrected chi connectivity index (χ0v) is 12.1. The maximum absolute atomic E-state index is 12.5. The number of benzene rings is 1. The van der Waals surface area contributed by atoms with E-state index < -0.39 is 17.1 Å². The van der Waals surface area contributed by atoms with Gasteiger partial charge in [0.1, 0.15) is 5.75 Å². The Morgan fingerprint density at radius 3 is 3.10 bits per heavy atom. The average molecular weight is 285 g/mol. The first kappa shape index (κ1) is 12.2. The molecule has 2 aliphatic carbocycles. The number of ketones is 1. The van der Waals surface area contributed by atoms with Gasteiger partial charge < -0.3 is 15.2 Å². The highest BCUT2D eigenvalue weighted by atomic mass is 16.5. The van der Waals surface area contributed by atoms with Gasteiger partial charge in [0.25, 0.3) is 0 Å². The third-order valence-corrected chi connectivity index (χ3v) is 6.30. The summed E-state index contributed by atoms with van der Waals surface area (Å²) < 4.78 is 6.15. The Labute approximate surface area is 123 Å². The van der Waals surface area contributed by atoms with Crippen LogP contribution in [0, 0.1) is 6.92 Å². The van der Waals surface area contributed by atoms with Crippen molar-refractivity contribution >= 4 is 5.78 Å². The van der Waals surface area contributed by atoms with Crippen LogP contribution in [0.25, 0.3) is 0 Å². The molecule has 5 rings (SSSR count). The Kier molecular flexibility index (Phi) is 2.03. The van der Waals surface area contributed by atoms with Crippen molar-refractivity contribution in [3.8, 4) is 5.75 Å². The predicted molar refractivity (Wildman–Crippen MR) is 76.6 cm³/mol. The van der Waals surface area contributed by atoms with E-state index in [0.717, 1.165) is 36.3 Å². The lowest BCUT2D eigenvalue weighted by molar-refractivity contribution is -0.166. The lowest BCUT2D eigenvalue weighted by Gasteiger charge is -2.59. The van der Waals surface area contributed by atoms with E-state index in [4.69, 9.17) is 4.74 Å². The highest BCUT2D eigenvalue weighted by molar-refractivity contribution is 5.89. The van der Waals surface area contributed by atoms with Crippen LogP contribution in [-0.2, 0) is 16.6 Å². The molecule has 2 heterocycles. The van der Waals surface area contributed by atoms with Gasteiger partial charge in [0, 0.05) is 18.0 Å². The van der Waals surface area contributed by atoms with Crippen molar-refractivity contribution in [2.24, 2.45) is 0 Å². The molecule has 0 radical (unpaired) electrons. The van der Waals surface area contributed by atoms with Gasteiger partial charge in [-0.15, -0.1) is 0 Å². The minimum atomic E-state index is -0.851. The topological polar surface area (TPSA) is 58.6 Å². The number of carbonyl (C=O) groups excluding carboxylic acids is 1. The van der Waals surface area contributed by atoms with Gasteiger partial charge >= 0.3 is 0 Å². The molecule has 2 aliphatic heterocycles. The molecular formula is C17H19NO3. The van der Waals surface area contributed by atoms with E-state index in [1.54, 1.807) is 0 Å². The van der Waals surface area contributed by atoms with Crippen molar-refractivity contribution < 1.29 is 14.6 Å². The van der Waals surface area contributed by atoms with Crippen molar-refractivity contribution in [1.82, 2.24) is 5.32 Å². The number of hydrogen-bond donors (Lipinski definition) is 2. The molecule has 0 amide bonds. The number of ether oxygens (including phenoxy) is 1. The molecule has 2 N–H and O–H groups in total. The minimum Gasteiger partial charge on any atom is -0.481 e. The van der Waals surface area contributed by atoms with Gasteiger partial charge in [-0.2, -0.15) is 0 Å². The maximum Gasteiger partial charge on any atom is 0.174 e. The van der Waals surface area contributed by atoms with Crippen LogP contribution >= 0.6 is 0 Å². The lowest BCUT2D eigenvalue weighted by Crippen LogP contribution is -2.76. The summed E-state index contributed by atoms with van der Waals surface area (Å²) in [7, 11) is 0. The normalized spacial score (nSPS) is 42.5. The standard InChI is InChI=1S/C17H19NO3/c1-9-2-3-10-8-12-17(20)5-4-11(19)15-16(17,6-7-18-12)13(10)14(9)21-15/h2-3,12,15,18,20H,4-8H2,1H3. The zero-order chi connectivity index (χ0) is 14.4. The van der Waals surface area contributed by atoms with Crippen molar-refractivity contribution in [3.05, 3.63) is 28.8 Å². The van der Waals surface area contributed by atoms with E-state index in [0.29, 0.717) is 12.8 Å². The third kappa shape index (κ3) is 1.12. The van der Waals surface area contributed by atoms with Crippen LogP contribution in [0.15, 0.2) is 12.1 Å². The van der Waals surface area contributed by atoms with Crippen LogP contribution in [0.4, 0.5) is 0 Å². The second-order valence-electron chi connectivity index (χ2n) is 7.07. The third-order valence-electron chi connectivity index (χ3n) is 6.30. The van der Waals surface area contributed by atoms with Crippen LogP contribution in [0.1, 0.15) is 36.0 Å². The van der Waals surface area contributed by atoms with Crippen molar-refractivity contribution in [3.63, 3.8) is 0 Å². The summed E-state index contributed by atoms with van der Waals surface area (Å²) in [6.45, 7) is 2.87. The van der Waals surface area contributed by atoms with Gasteiger partial charge in [0.05, 0.1) is 11.0 Å². The monoisotopic (exact) mass is 285 g/mol. The Bertz CT molecular complexity index is 685. The summed E-state index contributed by atoms with van der Waals surface area (Å²) in [5.74, 6) is 1.02. The van der Waals surface area contributed by atoms with Gasteiger partial charge in [0.15, 0.2) is 11.9 Å². The molecular weight excluding hydrogens is 266 g/mol. The smallest absolute Gasteiger partial charge is 0.174 e. The van der Waals surface area contributed by atoms with E-state index in [1.165, 1.54) is 5.56 Å². The number of piperidine rings is 1. The van der Waals surface area contributed by atoms with Crippen LogP contribution in [-0.4, -0.2) is 35.2 Å². The molecule has 1 spiro atoms. The number of hydrogen-bond acceptors (Lipinski definition) is 4.